The molecule has 3 rings (SSSR count). The number of halogens is 1. The molecule has 0 spiro atoms. The van der Waals surface area contributed by atoms with Crippen molar-refractivity contribution in [2.75, 3.05) is 4.72 Å². The number of hydrogen-bond donors (Lipinski definition) is 2. The Morgan fingerprint density at radius 1 is 1.04 bits per heavy atom. The van der Waals surface area contributed by atoms with Crippen LogP contribution >= 0.6 is 15.9 Å². The van der Waals surface area contributed by atoms with Gasteiger partial charge in [-0.2, -0.15) is 0 Å². The van der Waals surface area contributed by atoms with E-state index in [-0.39, 0.29) is 4.90 Å². The van der Waals surface area contributed by atoms with E-state index in [2.05, 4.69) is 20.7 Å². The molecule has 0 heterocycles. The summed E-state index contributed by atoms with van der Waals surface area (Å²) < 4.78 is 28.0. The predicted octanol–water partition coefficient (Wildman–Crippen LogP) is 4.15. The highest BCUT2D eigenvalue weighted by atomic mass is 79.9. The van der Waals surface area contributed by atoms with Crippen molar-refractivity contribution in [1.29, 1.82) is 0 Å². The molecule has 0 saturated heterocycles. The number of carbonyl (C=O) groups is 1. The van der Waals surface area contributed by atoms with Crippen molar-refractivity contribution in [3.63, 3.8) is 0 Å². The fourth-order valence-corrected chi connectivity index (χ4v) is 5.40. The van der Waals surface area contributed by atoms with Gasteiger partial charge in [-0.3, -0.25) is 9.52 Å². The predicted molar refractivity (Wildman–Crippen MR) is 99.2 cm³/mol. The third-order valence-electron chi connectivity index (χ3n) is 4.68. The minimum absolute atomic E-state index is 0.150. The van der Waals surface area contributed by atoms with E-state index in [0.717, 1.165) is 18.4 Å². The molecule has 132 valence electrons. The number of hydrogen-bond acceptors (Lipinski definition) is 3. The van der Waals surface area contributed by atoms with Crippen molar-refractivity contribution in [2.24, 2.45) is 0 Å². The molecule has 1 aliphatic carbocycles. The summed E-state index contributed by atoms with van der Waals surface area (Å²) in [5.74, 6) is -0.813. The van der Waals surface area contributed by atoms with Crippen LogP contribution in [0.2, 0.25) is 0 Å². The van der Waals surface area contributed by atoms with E-state index >= 15 is 0 Å². The first-order chi connectivity index (χ1) is 11.8. The number of rotatable bonds is 5. The van der Waals surface area contributed by atoms with Crippen LogP contribution < -0.4 is 4.72 Å². The van der Waals surface area contributed by atoms with E-state index in [1.54, 1.807) is 42.5 Å². The zero-order valence-corrected chi connectivity index (χ0v) is 15.8. The van der Waals surface area contributed by atoms with Gasteiger partial charge in [-0.05, 0) is 58.6 Å². The summed E-state index contributed by atoms with van der Waals surface area (Å²) in [5, 5.41) is 9.64. The number of sulfonamides is 1. The summed E-state index contributed by atoms with van der Waals surface area (Å²) in [6.07, 6.45) is 3.01. The second-order valence-corrected chi connectivity index (χ2v) is 8.71. The van der Waals surface area contributed by atoms with E-state index < -0.39 is 21.4 Å². The molecule has 1 fully saturated rings. The van der Waals surface area contributed by atoms with Crippen molar-refractivity contribution in [2.45, 2.75) is 36.0 Å². The molecule has 2 aromatic carbocycles. The lowest BCUT2D eigenvalue weighted by Crippen LogP contribution is -2.32. The zero-order valence-electron chi connectivity index (χ0n) is 13.4. The molecule has 0 amide bonds. The Balaban J connectivity index is 1.86. The van der Waals surface area contributed by atoms with Crippen molar-refractivity contribution >= 4 is 37.6 Å². The van der Waals surface area contributed by atoms with Gasteiger partial charge in [0.2, 0.25) is 0 Å². The molecule has 5 nitrogen and oxygen atoms in total. The molecule has 0 unspecified atom stereocenters. The lowest BCUT2D eigenvalue weighted by Gasteiger charge is -2.24. The van der Waals surface area contributed by atoms with Crippen LogP contribution in [0.4, 0.5) is 5.69 Å². The van der Waals surface area contributed by atoms with Crippen molar-refractivity contribution < 1.29 is 18.3 Å². The third kappa shape index (κ3) is 3.43. The van der Waals surface area contributed by atoms with Gasteiger partial charge in [0, 0.05) is 10.2 Å². The summed E-state index contributed by atoms with van der Waals surface area (Å²) in [5.41, 5.74) is 0.277. The van der Waals surface area contributed by atoms with Gasteiger partial charge in [0.05, 0.1) is 5.41 Å². The fourth-order valence-electron chi connectivity index (χ4n) is 3.33. The number of anilines is 1. The quantitative estimate of drug-likeness (QED) is 0.756. The fraction of sp³-hybridized carbons (Fsp3) is 0.278. The Kier molecular flexibility index (Phi) is 4.88. The molecule has 2 N–H and O–H groups in total. The molecule has 0 bridgehead atoms. The molecule has 7 heteroatoms. The highest BCUT2D eigenvalue weighted by molar-refractivity contribution is 9.10. The van der Waals surface area contributed by atoms with Crippen LogP contribution in [0, 0.1) is 0 Å². The van der Waals surface area contributed by atoms with Crippen LogP contribution in [0.1, 0.15) is 31.2 Å². The number of carboxylic acids is 1. The molecule has 1 aliphatic rings. The molecule has 0 aromatic heterocycles. The molecule has 0 aliphatic heterocycles. The minimum Gasteiger partial charge on any atom is -0.481 e. The molecule has 1 saturated carbocycles. The lowest BCUT2D eigenvalue weighted by atomic mass is 9.79. The molecule has 0 atom stereocenters. The summed E-state index contributed by atoms with van der Waals surface area (Å²) in [6.45, 7) is 0. The minimum atomic E-state index is -3.72. The average Bonchev–Trinajstić information content (AvgIpc) is 3.06. The van der Waals surface area contributed by atoms with E-state index in [1.807, 2.05) is 0 Å². The van der Waals surface area contributed by atoms with Crippen LogP contribution in [0.5, 0.6) is 0 Å². The van der Waals surface area contributed by atoms with Crippen LogP contribution in [0.15, 0.2) is 57.9 Å². The summed E-state index contributed by atoms with van der Waals surface area (Å²) in [4.78, 5) is 11.9. The van der Waals surface area contributed by atoms with E-state index in [9.17, 15) is 18.3 Å². The highest BCUT2D eigenvalue weighted by Gasteiger charge is 2.42. The zero-order chi connectivity index (χ0) is 18.1. The highest BCUT2D eigenvalue weighted by Crippen LogP contribution is 2.41. The Morgan fingerprint density at radius 3 is 2.20 bits per heavy atom. The second-order valence-electron chi connectivity index (χ2n) is 6.21. The number of nitrogens with one attached hydrogen (secondary N) is 1. The van der Waals surface area contributed by atoms with E-state index in [1.165, 1.54) is 6.07 Å². The maximum absolute atomic E-state index is 12.5. The average molecular weight is 424 g/mol. The third-order valence-corrected chi connectivity index (χ3v) is 7.08. The molecular weight excluding hydrogens is 406 g/mol. The van der Waals surface area contributed by atoms with E-state index in [0.29, 0.717) is 23.0 Å². The van der Waals surface area contributed by atoms with Crippen molar-refractivity contribution in [3.05, 3.63) is 58.6 Å². The maximum Gasteiger partial charge on any atom is 0.314 e. The topological polar surface area (TPSA) is 83.5 Å². The van der Waals surface area contributed by atoms with Crippen LogP contribution in [0.3, 0.4) is 0 Å². The Labute approximate surface area is 155 Å². The first kappa shape index (κ1) is 17.9. The van der Waals surface area contributed by atoms with Gasteiger partial charge in [-0.15, -0.1) is 0 Å². The molecule has 0 radical (unpaired) electrons. The van der Waals surface area contributed by atoms with Crippen LogP contribution in [-0.4, -0.2) is 19.5 Å². The van der Waals surface area contributed by atoms with Gasteiger partial charge in [0.1, 0.15) is 4.90 Å². The number of benzene rings is 2. The second kappa shape index (κ2) is 6.80. The van der Waals surface area contributed by atoms with Crippen LogP contribution in [0.25, 0.3) is 0 Å². The normalized spacial score (nSPS) is 16.5. The first-order valence-electron chi connectivity index (χ1n) is 7.96. The molecule has 2 aromatic rings. The van der Waals surface area contributed by atoms with Crippen molar-refractivity contribution in [3.8, 4) is 0 Å². The molecule has 25 heavy (non-hydrogen) atoms. The maximum atomic E-state index is 12.5. The summed E-state index contributed by atoms with van der Waals surface area (Å²) >= 11 is 3.24. The number of aliphatic carboxylic acids is 1. The van der Waals surface area contributed by atoms with E-state index in [4.69, 9.17) is 0 Å². The molecular formula is C18H18BrNO4S. The SMILES string of the molecule is O=C(O)C1(c2ccc(NS(=O)(=O)c3ccccc3Br)cc2)CCCC1. The van der Waals surface area contributed by atoms with Gasteiger partial charge < -0.3 is 5.11 Å². The monoisotopic (exact) mass is 423 g/mol. The van der Waals surface area contributed by atoms with Gasteiger partial charge in [-0.25, -0.2) is 8.42 Å². The Morgan fingerprint density at radius 2 is 1.64 bits per heavy atom. The Bertz CT molecular complexity index is 888. The van der Waals surface area contributed by atoms with Gasteiger partial charge in [0.25, 0.3) is 10.0 Å². The lowest BCUT2D eigenvalue weighted by molar-refractivity contribution is -0.143. The summed E-state index contributed by atoms with van der Waals surface area (Å²) in [7, 11) is -3.72. The number of carboxylic acid groups (broad SMARTS) is 1. The van der Waals surface area contributed by atoms with Crippen LogP contribution in [-0.2, 0) is 20.2 Å². The van der Waals surface area contributed by atoms with Crippen molar-refractivity contribution in [1.82, 2.24) is 0 Å². The standard InChI is InChI=1S/C18H18BrNO4S/c19-15-5-1-2-6-16(15)25(23,24)20-14-9-7-13(8-10-14)18(17(21)22)11-3-4-12-18/h1-2,5-10,20H,3-4,11-12H2,(H,21,22). The summed E-state index contributed by atoms with van der Waals surface area (Å²) in [6, 6.07) is 13.2. The first-order valence-corrected chi connectivity index (χ1v) is 10.2. The van der Waals surface area contributed by atoms with Gasteiger partial charge in [0.15, 0.2) is 0 Å². The smallest absolute Gasteiger partial charge is 0.314 e. The largest absolute Gasteiger partial charge is 0.481 e. The Hall–Kier alpha value is -1.86. The van der Waals surface area contributed by atoms with Gasteiger partial charge >= 0.3 is 5.97 Å². The van der Waals surface area contributed by atoms with Gasteiger partial charge in [-0.1, -0.05) is 37.1 Å².